The Bertz CT molecular complexity index is 334. The van der Waals surface area contributed by atoms with Crippen LogP contribution in [0.15, 0.2) is 16.5 Å². The molecule has 1 aromatic heterocycles. The maximum absolute atomic E-state index is 5.70. The lowest BCUT2D eigenvalue weighted by molar-refractivity contribution is 0.0112. The molecule has 98 valence electrons. The van der Waals surface area contributed by atoms with E-state index in [4.69, 9.17) is 15.0 Å². The van der Waals surface area contributed by atoms with Gasteiger partial charge in [0.25, 0.3) is 0 Å². The molecule has 0 aliphatic heterocycles. The van der Waals surface area contributed by atoms with Crippen LogP contribution in [-0.2, 0) is 11.2 Å². The molecule has 0 radical (unpaired) electrons. The Hall–Kier alpha value is -0.840. The third-order valence-corrected chi connectivity index (χ3v) is 3.16. The van der Waals surface area contributed by atoms with E-state index in [-0.39, 0.29) is 11.6 Å². The van der Waals surface area contributed by atoms with Crippen molar-refractivity contribution in [1.82, 2.24) is 5.43 Å². The standard InChI is InChI=1S/C13H24N2O2/c1-5-10-6-7-12(17-10)11(15-14)8-9-13(2,3)16-4/h6-7,11,15H,5,8-9,14H2,1-4H3. The SMILES string of the molecule is CCc1ccc(C(CCC(C)(C)OC)NN)o1. The molecule has 0 saturated carbocycles. The summed E-state index contributed by atoms with van der Waals surface area (Å²) in [5.74, 6) is 7.47. The van der Waals surface area contributed by atoms with Gasteiger partial charge in [0, 0.05) is 13.5 Å². The first-order valence-electron chi connectivity index (χ1n) is 6.12. The number of methoxy groups -OCH3 is 1. The van der Waals surface area contributed by atoms with E-state index in [1.807, 2.05) is 12.1 Å². The van der Waals surface area contributed by atoms with Crippen LogP contribution in [-0.4, -0.2) is 12.7 Å². The molecule has 1 atom stereocenters. The van der Waals surface area contributed by atoms with Gasteiger partial charge in [0.1, 0.15) is 11.5 Å². The fourth-order valence-electron chi connectivity index (χ4n) is 1.67. The van der Waals surface area contributed by atoms with Crippen molar-refractivity contribution in [2.75, 3.05) is 7.11 Å². The lowest BCUT2D eigenvalue weighted by Crippen LogP contribution is -2.31. The van der Waals surface area contributed by atoms with Crippen LogP contribution in [0.4, 0.5) is 0 Å². The van der Waals surface area contributed by atoms with Crippen molar-refractivity contribution in [3.05, 3.63) is 23.7 Å². The van der Waals surface area contributed by atoms with Gasteiger partial charge < -0.3 is 9.15 Å². The van der Waals surface area contributed by atoms with Gasteiger partial charge >= 0.3 is 0 Å². The maximum Gasteiger partial charge on any atom is 0.122 e. The average Bonchev–Trinajstić information content (AvgIpc) is 2.78. The molecule has 1 unspecified atom stereocenters. The number of ether oxygens (including phenoxy) is 1. The van der Waals surface area contributed by atoms with E-state index in [0.29, 0.717) is 0 Å². The zero-order valence-electron chi connectivity index (χ0n) is 11.2. The zero-order valence-corrected chi connectivity index (χ0v) is 11.2. The molecule has 0 aliphatic carbocycles. The van der Waals surface area contributed by atoms with Crippen LogP contribution in [0.1, 0.15) is 51.2 Å². The molecule has 1 heterocycles. The fourth-order valence-corrected chi connectivity index (χ4v) is 1.67. The highest BCUT2D eigenvalue weighted by Gasteiger charge is 2.21. The van der Waals surface area contributed by atoms with Gasteiger partial charge in [0.2, 0.25) is 0 Å². The summed E-state index contributed by atoms with van der Waals surface area (Å²) in [5, 5.41) is 0. The predicted molar refractivity (Wildman–Crippen MR) is 68.5 cm³/mol. The first-order chi connectivity index (χ1) is 8.02. The quantitative estimate of drug-likeness (QED) is 0.568. The van der Waals surface area contributed by atoms with Crippen LogP contribution in [0.5, 0.6) is 0 Å². The summed E-state index contributed by atoms with van der Waals surface area (Å²) in [7, 11) is 1.73. The average molecular weight is 240 g/mol. The molecule has 0 bridgehead atoms. The molecule has 3 N–H and O–H groups in total. The van der Waals surface area contributed by atoms with E-state index in [0.717, 1.165) is 30.8 Å². The second-order valence-electron chi connectivity index (χ2n) is 4.88. The van der Waals surface area contributed by atoms with Crippen molar-refractivity contribution in [2.45, 2.75) is 51.7 Å². The van der Waals surface area contributed by atoms with E-state index in [1.54, 1.807) is 7.11 Å². The van der Waals surface area contributed by atoms with Crippen LogP contribution < -0.4 is 11.3 Å². The molecule has 0 amide bonds. The third-order valence-electron chi connectivity index (χ3n) is 3.16. The monoisotopic (exact) mass is 240 g/mol. The molecule has 0 spiro atoms. The Balaban J connectivity index is 2.59. The second kappa shape index (κ2) is 6.19. The van der Waals surface area contributed by atoms with Crippen LogP contribution in [0.2, 0.25) is 0 Å². The van der Waals surface area contributed by atoms with Gasteiger partial charge in [-0.15, -0.1) is 0 Å². The summed E-state index contributed by atoms with van der Waals surface area (Å²) < 4.78 is 11.1. The van der Waals surface area contributed by atoms with E-state index < -0.39 is 0 Å². The molecule has 1 rings (SSSR count). The number of hydrogen-bond donors (Lipinski definition) is 2. The van der Waals surface area contributed by atoms with Crippen LogP contribution >= 0.6 is 0 Å². The lowest BCUT2D eigenvalue weighted by atomic mass is 9.98. The van der Waals surface area contributed by atoms with Crippen molar-refractivity contribution in [3.63, 3.8) is 0 Å². The minimum atomic E-state index is -0.130. The molecular weight excluding hydrogens is 216 g/mol. The summed E-state index contributed by atoms with van der Waals surface area (Å²) >= 11 is 0. The van der Waals surface area contributed by atoms with Gasteiger partial charge in [-0.3, -0.25) is 5.84 Å². The number of hydrogen-bond acceptors (Lipinski definition) is 4. The molecule has 1 aromatic rings. The first-order valence-corrected chi connectivity index (χ1v) is 6.12. The molecule has 0 fully saturated rings. The summed E-state index contributed by atoms with van der Waals surface area (Å²) in [6.45, 7) is 6.21. The highest BCUT2D eigenvalue weighted by Crippen LogP contribution is 2.25. The number of aryl methyl sites for hydroxylation is 1. The van der Waals surface area contributed by atoms with E-state index in [1.165, 1.54) is 0 Å². The highest BCUT2D eigenvalue weighted by atomic mass is 16.5. The minimum Gasteiger partial charge on any atom is -0.464 e. The first kappa shape index (κ1) is 14.2. The molecule has 0 aromatic carbocycles. The number of hydrazine groups is 1. The molecule has 0 aliphatic rings. The third kappa shape index (κ3) is 4.15. The lowest BCUT2D eigenvalue weighted by Gasteiger charge is -2.24. The van der Waals surface area contributed by atoms with Crippen molar-refractivity contribution >= 4 is 0 Å². The summed E-state index contributed by atoms with van der Waals surface area (Å²) in [6.07, 6.45) is 2.70. The Morgan fingerprint density at radius 2 is 2.18 bits per heavy atom. The Kier molecular flexibility index (Phi) is 5.18. The van der Waals surface area contributed by atoms with Crippen molar-refractivity contribution in [1.29, 1.82) is 0 Å². The largest absolute Gasteiger partial charge is 0.464 e. The summed E-state index contributed by atoms with van der Waals surface area (Å²) in [4.78, 5) is 0. The van der Waals surface area contributed by atoms with Gasteiger partial charge in [0.15, 0.2) is 0 Å². The predicted octanol–water partition coefficient (Wildman–Crippen LogP) is 2.55. The zero-order chi connectivity index (χ0) is 12.9. The second-order valence-corrected chi connectivity index (χ2v) is 4.88. The van der Waals surface area contributed by atoms with E-state index in [9.17, 15) is 0 Å². The normalized spacial score (nSPS) is 13.9. The van der Waals surface area contributed by atoms with Gasteiger partial charge in [-0.05, 0) is 38.8 Å². The molecular formula is C13H24N2O2. The van der Waals surface area contributed by atoms with Crippen molar-refractivity contribution in [2.24, 2.45) is 5.84 Å². The molecule has 17 heavy (non-hydrogen) atoms. The molecule has 4 heteroatoms. The van der Waals surface area contributed by atoms with Gasteiger partial charge in [0.05, 0.1) is 11.6 Å². The van der Waals surface area contributed by atoms with Crippen LogP contribution in [0.3, 0.4) is 0 Å². The van der Waals surface area contributed by atoms with E-state index in [2.05, 4.69) is 26.2 Å². The summed E-state index contributed by atoms with van der Waals surface area (Å²) in [6, 6.07) is 4.04. The minimum absolute atomic E-state index is 0.0460. The van der Waals surface area contributed by atoms with Gasteiger partial charge in [-0.25, -0.2) is 5.43 Å². The molecule has 4 nitrogen and oxygen atoms in total. The van der Waals surface area contributed by atoms with Crippen molar-refractivity contribution in [3.8, 4) is 0 Å². The highest BCUT2D eigenvalue weighted by molar-refractivity contribution is 5.10. The fraction of sp³-hybridized carbons (Fsp3) is 0.692. The molecule has 0 saturated heterocycles. The maximum atomic E-state index is 5.70. The Morgan fingerprint density at radius 3 is 2.65 bits per heavy atom. The summed E-state index contributed by atoms with van der Waals surface area (Å²) in [5.41, 5.74) is 2.67. The number of rotatable bonds is 7. The van der Waals surface area contributed by atoms with E-state index >= 15 is 0 Å². The topological polar surface area (TPSA) is 60.4 Å². The number of nitrogens with one attached hydrogen (secondary N) is 1. The van der Waals surface area contributed by atoms with Crippen LogP contribution in [0, 0.1) is 0 Å². The van der Waals surface area contributed by atoms with Gasteiger partial charge in [-0.2, -0.15) is 0 Å². The number of nitrogens with two attached hydrogens (primary N) is 1. The van der Waals surface area contributed by atoms with Crippen LogP contribution in [0.25, 0.3) is 0 Å². The Labute approximate surface area is 103 Å². The van der Waals surface area contributed by atoms with Gasteiger partial charge in [-0.1, -0.05) is 6.92 Å². The number of furan rings is 1. The smallest absolute Gasteiger partial charge is 0.122 e. The van der Waals surface area contributed by atoms with Crippen molar-refractivity contribution < 1.29 is 9.15 Å². The Morgan fingerprint density at radius 1 is 1.47 bits per heavy atom.